The number of ketones is 1. The lowest BCUT2D eigenvalue weighted by atomic mass is 9.74. The minimum Gasteiger partial charge on any atom is -0.481 e. The van der Waals surface area contributed by atoms with Gasteiger partial charge in [-0.25, -0.2) is 0 Å². The average Bonchev–Trinajstić information content (AvgIpc) is 2.74. The van der Waals surface area contributed by atoms with Crippen LogP contribution >= 0.6 is 34.8 Å². The predicted octanol–water partition coefficient (Wildman–Crippen LogP) is 5.17. The Bertz CT molecular complexity index is 1010. The Morgan fingerprint density at radius 2 is 1.77 bits per heavy atom. The quantitative estimate of drug-likeness (QED) is 0.170. The summed E-state index contributed by atoms with van der Waals surface area (Å²) < 4.78 is 0. The first-order valence-corrected chi connectivity index (χ1v) is 12.3. The second-order valence-electron chi connectivity index (χ2n) is 10.3. The minimum atomic E-state index is -0.829. The number of aromatic nitrogens is 1. The fourth-order valence-electron chi connectivity index (χ4n) is 3.96. The number of Topliss-reactive ketones (excluding diaryl/α,β-unsaturated/α-hetero) is 1. The first-order valence-electron chi connectivity index (χ1n) is 11.2. The average molecular weight is 546 g/mol. The molecule has 1 heterocycles. The van der Waals surface area contributed by atoms with Crippen LogP contribution in [-0.4, -0.2) is 58.0 Å². The van der Waals surface area contributed by atoms with Gasteiger partial charge in [-0.3, -0.25) is 19.4 Å². The Hall–Kier alpha value is -2.16. The lowest BCUT2D eigenvalue weighted by Crippen LogP contribution is -2.43. The zero-order chi connectivity index (χ0) is 26.6. The van der Waals surface area contributed by atoms with Gasteiger partial charge >= 0.3 is 5.97 Å². The summed E-state index contributed by atoms with van der Waals surface area (Å²) in [5.74, 6) is -1.88. The molecule has 1 aliphatic carbocycles. The molecule has 0 saturated heterocycles. The molecule has 0 atom stereocenters. The van der Waals surface area contributed by atoms with Crippen LogP contribution in [0.25, 0.3) is 0 Å². The maximum Gasteiger partial charge on any atom is 0.309 e. The first-order chi connectivity index (χ1) is 16.2. The number of amides is 1. The summed E-state index contributed by atoms with van der Waals surface area (Å²) in [5, 5.41) is 20.5. The van der Waals surface area contributed by atoms with E-state index in [4.69, 9.17) is 40.2 Å². The van der Waals surface area contributed by atoms with E-state index in [9.17, 15) is 19.5 Å². The number of rotatable bonds is 9. The van der Waals surface area contributed by atoms with Crippen LogP contribution in [0.15, 0.2) is 23.1 Å². The van der Waals surface area contributed by atoms with Gasteiger partial charge in [0.25, 0.3) is 5.91 Å². The third-order valence-electron chi connectivity index (χ3n) is 5.97. The summed E-state index contributed by atoms with van der Waals surface area (Å²) in [5.41, 5.74) is -1.17. The van der Waals surface area contributed by atoms with E-state index in [0.717, 1.165) is 6.21 Å². The van der Waals surface area contributed by atoms with Crippen LogP contribution in [0.2, 0.25) is 10.0 Å². The van der Waals surface area contributed by atoms with Crippen molar-refractivity contribution >= 4 is 58.7 Å². The maximum absolute atomic E-state index is 13.4. The third-order valence-corrected chi connectivity index (χ3v) is 6.85. The number of carboxylic acids is 1. The summed E-state index contributed by atoms with van der Waals surface area (Å²) in [7, 11) is 0. The van der Waals surface area contributed by atoms with Crippen molar-refractivity contribution in [3.8, 4) is 0 Å². The zero-order valence-corrected chi connectivity index (χ0v) is 22.5. The van der Waals surface area contributed by atoms with Gasteiger partial charge in [-0.2, -0.15) is 0 Å². The number of carbonyl (C=O) groups excluding carboxylic acids is 2. The molecule has 0 aromatic carbocycles. The highest BCUT2D eigenvalue weighted by Crippen LogP contribution is 2.36. The molecule has 1 fully saturated rings. The normalized spacial score (nSPS) is 21.1. The van der Waals surface area contributed by atoms with E-state index in [0.29, 0.717) is 25.7 Å². The van der Waals surface area contributed by atoms with Gasteiger partial charge in [-0.15, -0.1) is 0 Å². The Morgan fingerprint density at radius 3 is 2.23 bits per heavy atom. The highest BCUT2D eigenvalue weighted by atomic mass is 35.5. The van der Waals surface area contributed by atoms with Crippen molar-refractivity contribution in [1.82, 2.24) is 15.2 Å². The van der Waals surface area contributed by atoms with Gasteiger partial charge < -0.3 is 20.7 Å². The van der Waals surface area contributed by atoms with E-state index >= 15 is 0 Å². The van der Waals surface area contributed by atoms with E-state index < -0.39 is 23.1 Å². The molecule has 0 bridgehead atoms. The zero-order valence-electron chi connectivity index (χ0n) is 20.3. The smallest absolute Gasteiger partial charge is 0.309 e. The fourth-order valence-corrected chi connectivity index (χ4v) is 4.83. The highest BCUT2D eigenvalue weighted by molar-refractivity contribution is 6.40. The molecule has 1 amide bonds. The predicted molar refractivity (Wildman–Crippen MR) is 137 cm³/mol. The van der Waals surface area contributed by atoms with Crippen molar-refractivity contribution in [3.05, 3.63) is 38.7 Å². The Labute approximate surface area is 220 Å². The number of nitrogens with zero attached hydrogens (tertiary/aromatic N) is 2. The number of hydrogen-bond acceptors (Lipinski definition) is 6. The summed E-state index contributed by atoms with van der Waals surface area (Å²) >= 11 is 18.7. The van der Waals surface area contributed by atoms with Gasteiger partial charge in [-0.05, 0) is 38.0 Å². The van der Waals surface area contributed by atoms with Gasteiger partial charge in [0.05, 0.1) is 33.1 Å². The number of pyridine rings is 1. The van der Waals surface area contributed by atoms with Gasteiger partial charge in [0.2, 0.25) is 0 Å². The van der Waals surface area contributed by atoms with Crippen molar-refractivity contribution in [2.24, 2.45) is 10.8 Å². The van der Waals surface area contributed by atoms with Crippen molar-refractivity contribution in [2.75, 3.05) is 13.1 Å². The number of hydrogen-bond donors (Lipinski definition) is 3. The summed E-state index contributed by atoms with van der Waals surface area (Å²) in [6.45, 7) is 7.36. The van der Waals surface area contributed by atoms with E-state index in [-0.39, 0.29) is 50.9 Å². The SMILES string of the molecule is CC(C)(C)CN(CC(=O)c1c(Cl)cncc1Cl)C(=O)/C(C=N)=C(\Cl)N[C@H]1CC[C@](C)(C(=O)O)CC1. The molecule has 192 valence electrons. The number of aliphatic carboxylic acids is 1. The van der Waals surface area contributed by atoms with E-state index in [2.05, 4.69) is 10.3 Å². The van der Waals surface area contributed by atoms with Crippen LogP contribution in [0.3, 0.4) is 0 Å². The van der Waals surface area contributed by atoms with Crippen LogP contribution in [-0.2, 0) is 9.59 Å². The van der Waals surface area contributed by atoms with Crippen LogP contribution < -0.4 is 5.32 Å². The summed E-state index contributed by atoms with van der Waals surface area (Å²) in [6, 6.07) is -0.134. The molecular formula is C24H31Cl3N4O4. The maximum atomic E-state index is 13.4. The van der Waals surface area contributed by atoms with E-state index in [1.807, 2.05) is 20.8 Å². The number of halogens is 3. The minimum absolute atomic E-state index is 0.0136. The van der Waals surface area contributed by atoms with Crippen LogP contribution in [0.4, 0.5) is 0 Å². The number of carboxylic acid groups (broad SMARTS) is 1. The number of nitrogens with one attached hydrogen (secondary N) is 2. The first kappa shape index (κ1) is 29.1. The van der Waals surface area contributed by atoms with Crippen LogP contribution in [0.5, 0.6) is 0 Å². The van der Waals surface area contributed by atoms with E-state index in [1.165, 1.54) is 17.3 Å². The Balaban J connectivity index is 2.26. The summed E-state index contributed by atoms with van der Waals surface area (Å²) in [4.78, 5) is 43.1. The molecule has 1 aromatic rings. The second kappa shape index (κ2) is 11.7. The van der Waals surface area contributed by atoms with Gasteiger partial charge in [0.1, 0.15) is 5.16 Å². The highest BCUT2D eigenvalue weighted by Gasteiger charge is 2.38. The monoisotopic (exact) mass is 544 g/mol. The standard InChI is InChI=1S/C24H31Cl3N4O4/c1-23(2,3)13-31(12-18(32)19-16(25)10-29-11-17(19)26)21(33)15(9-28)20(27)30-14-5-7-24(4,8-6-14)22(34)35/h9-11,14,28,30H,5-8,12-13H2,1-4H3,(H,34,35)/b20-15+,28-9?/t14-,24-. The Kier molecular flexibility index (Phi) is 9.73. The van der Waals surface area contributed by atoms with E-state index in [1.54, 1.807) is 6.92 Å². The molecule has 1 aliphatic rings. The lowest BCUT2D eigenvalue weighted by molar-refractivity contribution is -0.150. The van der Waals surface area contributed by atoms with Crippen molar-refractivity contribution in [2.45, 2.75) is 59.4 Å². The van der Waals surface area contributed by atoms with Crippen molar-refractivity contribution < 1.29 is 19.5 Å². The lowest BCUT2D eigenvalue weighted by Gasteiger charge is -2.35. The third kappa shape index (κ3) is 7.66. The second-order valence-corrected chi connectivity index (χ2v) is 11.5. The largest absolute Gasteiger partial charge is 0.481 e. The molecule has 0 radical (unpaired) electrons. The molecule has 35 heavy (non-hydrogen) atoms. The van der Waals surface area contributed by atoms with Crippen LogP contribution in [0.1, 0.15) is 63.7 Å². The molecule has 8 nitrogen and oxygen atoms in total. The fraction of sp³-hybridized carbons (Fsp3) is 0.542. The topological polar surface area (TPSA) is 123 Å². The molecule has 1 aromatic heterocycles. The Morgan fingerprint density at radius 1 is 1.23 bits per heavy atom. The molecule has 0 unspecified atom stereocenters. The molecular weight excluding hydrogens is 515 g/mol. The van der Waals surface area contributed by atoms with Crippen molar-refractivity contribution in [1.29, 1.82) is 5.41 Å². The number of carbonyl (C=O) groups is 3. The summed E-state index contributed by atoms with van der Waals surface area (Å²) in [6.07, 6.45) is 5.52. The van der Waals surface area contributed by atoms with Gasteiger partial charge in [0, 0.05) is 31.2 Å². The van der Waals surface area contributed by atoms with Crippen molar-refractivity contribution in [3.63, 3.8) is 0 Å². The molecule has 1 saturated carbocycles. The molecule has 0 spiro atoms. The van der Waals surface area contributed by atoms with Crippen LogP contribution in [0, 0.1) is 16.2 Å². The molecule has 0 aliphatic heterocycles. The van der Waals surface area contributed by atoms with Gasteiger partial charge in [0.15, 0.2) is 5.78 Å². The van der Waals surface area contributed by atoms with Gasteiger partial charge in [-0.1, -0.05) is 55.6 Å². The molecule has 3 N–H and O–H groups in total. The molecule has 2 rings (SSSR count). The molecule has 11 heteroatoms.